The molecule has 3 rings (SSSR count). The first-order chi connectivity index (χ1) is 14.7. The molecule has 0 saturated heterocycles. The van der Waals surface area contributed by atoms with Gasteiger partial charge in [0, 0.05) is 30.3 Å². The summed E-state index contributed by atoms with van der Waals surface area (Å²) in [6, 6.07) is 7.87. The molecule has 0 atom stereocenters. The van der Waals surface area contributed by atoms with E-state index in [0.717, 1.165) is 22.5 Å². The summed E-state index contributed by atoms with van der Waals surface area (Å²) in [4.78, 5) is 23.5. The van der Waals surface area contributed by atoms with E-state index in [1.807, 2.05) is 60.7 Å². The molecule has 1 heterocycles. The highest BCUT2D eigenvalue weighted by Crippen LogP contribution is 2.27. The topological polar surface area (TPSA) is 98.6 Å². The summed E-state index contributed by atoms with van der Waals surface area (Å²) in [5.41, 5.74) is 8.29. The minimum atomic E-state index is -0.690. The second-order valence-electron chi connectivity index (χ2n) is 5.96. The highest BCUT2D eigenvalue weighted by Gasteiger charge is 2.16. The summed E-state index contributed by atoms with van der Waals surface area (Å²) in [6.45, 7) is 0.0842. The van der Waals surface area contributed by atoms with Crippen LogP contribution in [0.25, 0.3) is 6.08 Å². The highest BCUT2D eigenvalue weighted by molar-refractivity contribution is 6.42. The first-order valence-corrected chi connectivity index (χ1v) is 9.09. The fourth-order valence-electron chi connectivity index (χ4n) is 2.30. The van der Waals surface area contributed by atoms with Gasteiger partial charge in [-0.3, -0.25) is 9.79 Å². The Labute approximate surface area is 174 Å². The van der Waals surface area contributed by atoms with Gasteiger partial charge >= 0.3 is 0 Å². The number of nitrogens with zero attached hydrogens (tertiary/aromatic N) is 3. The maximum Gasteiger partial charge on any atom is 0.267 e. The molecule has 1 aliphatic heterocycles. The van der Waals surface area contributed by atoms with E-state index in [9.17, 15) is 4.79 Å². The van der Waals surface area contributed by atoms with Crippen LogP contribution in [0.15, 0.2) is 106 Å². The first-order valence-electron chi connectivity index (χ1n) is 9.09. The molecule has 0 radical (unpaired) electrons. The van der Waals surface area contributed by atoms with Gasteiger partial charge < -0.3 is 15.2 Å². The van der Waals surface area contributed by atoms with Crippen molar-refractivity contribution in [3.05, 3.63) is 102 Å². The lowest BCUT2D eigenvalue weighted by Crippen LogP contribution is -2.21. The number of carbonyl (C=O) groups excluding carboxylic acids is 1. The Morgan fingerprint density at radius 2 is 1.90 bits per heavy atom. The van der Waals surface area contributed by atoms with Crippen LogP contribution in [0.3, 0.4) is 0 Å². The van der Waals surface area contributed by atoms with Crippen LogP contribution in [0.4, 0.5) is 0 Å². The standard InChI is InChI=1S/C23H20N4O3/c24-23(28)21-10-13-29-16-26-15-20-9-5-4-7-18(20)6-2-1-3-8-19-14-22(19)30-17-25-11-12-27-21/h1-15,17H,16H2,(H2,24,28). The Kier molecular flexibility index (Phi) is 7.45. The molecule has 7 nitrogen and oxygen atoms in total. The van der Waals surface area contributed by atoms with Crippen molar-refractivity contribution >= 4 is 30.3 Å². The molecule has 1 aromatic carbocycles. The van der Waals surface area contributed by atoms with Crippen LogP contribution in [-0.4, -0.2) is 31.0 Å². The molecule has 2 N–H and O–H groups in total. The van der Waals surface area contributed by atoms with Gasteiger partial charge in [-0.1, -0.05) is 54.6 Å². The van der Waals surface area contributed by atoms with Crippen molar-refractivity contribution in [1.82, 2.24) is 0 Å². The quantitative estimate of drug-likeness (QED) is 0.782. The number of fused-ring (bicyclic) bond motifs is 2. The number of nitrogens with two attached hydrogens (primary N) is 1. The maximum absolute atomic E-state index is 11.4. The van der Waals surface area contributed by atoms with Crippen LogP contribution in [0.2, 0.25) is 0 Å². The Balaban J connectivity index is 1.77. The van der Waals surface area contributed by atoms with E-state index < -0.39 is 5.91 Å². The maximum atomic E-state index is 11.4. The third-order valence-corrected chi connectivity index (χ3v) is 3.82. The highest BCUT2D eigenvalue weighted by atomic mass is 16.5. The minimum Gasteiger partial charge on any atom is -0.479 e. The average molecular weight is 400 g/mol. The van der Waals surface area contributed by atoms with Crippen LogP contribution in [0.5, 0.6) is 0 Å². The molecule has 1 aromatic rings. The molecule has 0 fully saturated rings. The van der Waals surface area contributed by atoms with Crippen molar-refractivity contribution in [3.8, 4) is 0 Å². The van der Waals surface area contributed by atoms with Gasteiger partial charge in [-0.25, -0.2) is 9.98 Å². The lowest BCUT2D eigenvalue weighted by Gasteiger charge is -2.00. The summed E-state index contributed by atoms with van der Waals surface area (Å²) < 4.78 is 10.6. The molecule has 0 spiro atoms. The van der Waals surface area contributed by atoms with Crippen molar-refractivity contribution in [2.75, 3.05) is 6.73 Å². The molecule has 7 heteroatoms. The summed E-state index contributed by atoms with van der Waals surface area (Å²) in [7, 11) is 0. The van der Waals surface area contributed by atoms with Gasteiger partial charge in [-0.15, -0.1) is 0 Å². The number of carbonyl (C=O) groups is 1. The van der Waals surface area contributed by atoms with E-state index in [4.69, 9.17) is 15.2 Å². The number of benzene rings is 1. The van der Waals surface area contributed by atoms with Crippen LogP contribution in [-0.2, 0) is 14.3 Å². The lowest BCUT2D eigenvalue weighted by molar-refractivity contribution is -0.111. The van der Waals surface area contributed by atoms with E-state index in [2.05, 4.69) is 15.0 Å². The van der Waals surface area contributed by atoms with Crippen LogP contribution in [0.1, 0.15) is 11.1 Å². The van der Waals surface area contributed by atoms with Crippen molar-refractivity contribution in [3.63, 3.8) is 0 Å². The van der Waals surface area contributed by atoms with Gasteiger partial charge in [-0.2, -0.15) is 0 Å². The van der Waals surface area contributed by atoms with E-state index in [1.54, 1.807) is 6.21 Å². The number of primary amides is 1. The molecule has 2 aliphatic rings. The van der Waals surface area contributed by atoms with Gasteiger partial charge in [0.05, 0.1) is 6.26 Å². The Morgan fingerprint density at radius 1 is 1.03 bits per heavy atom. The van der Waals surface area contributed by atoms with Crippen LogP contribution in [0, 0.1) is 0 Å². The van der Waals surface area contributed by atoms with Crippen molar-refractivity contribution < 1.29 is 14.3 Å². The monoisotopic (exact) mass is 400 g/mol. The molecule has 1 amide bonds. The van der Waals surface area contributed by atoms with Gasteiger partial charge in [0.2, 0.25) is 0 Å². The molecule has 0 aromatic heterocycles. The predicted molar refractivity (Wildman–Crippen MR) is 119 cm³/mol. The van der Waals surface area contributed by atoms with Crippen molar-refractivity contribution in [2.45, 2.75) is 0 Å². The summed E-state index contributed by atoms with van der Waals surface area (Å²) in [6.07, 6.45) is 20.0. The van der Waals surface area contributed by atoms with E-state index in [0.29, 0.717) is 0 Å². The van der Waals surface area contributed by atoms with Gasteiger partial charge in [0.1, 0.15) is 11.5 Å². The Morgan fingerprint density at radius 3 is 2.77 bits per heavy atom. The summed E-state index contributed by atoms with van der Waals surface area (Å²) in [5.74, 6) is 0.0512. The Bertz CT molecular complexity index is 1050. The van der Waals surface area contributed by atoms with Crippen molar-refractivity contribution in [2.24, 2.45) is 20.7 Å². The van der Waals surface area contributed by atoms with Gasteiger partial charge in [-0.05, 0) is 17.2 Å². The molecule has 0 bridgehead atoms. The first kappa shape index (κ1) is 20.5. The number of aliphatic imine (C=N–C) groups is 3. The fraction of sp³-hybridized carbons (Fsp3) is 0.0435. The van der Waals surface area contributed by atoms with E-state index in [1.165, 1.54) is 31.1 Å². The number of hydrogen-bond donors (Lipinski definition) is 1. The molecule has 0 saturated carbocycles. The second-order valence-corrected chi connectivity index (χ2v) is 5.96. The third kappa shape index (κ3) is 6.72. The summed E-state index contributed by atoms with van der Waals surface area (Å²) >= 11 is 0. The van der Waals surface area contributed by atoms with E-state index in [-0.39, 0.29) is 12.4 Å². The minimum absolute atomic E-state index is 0.0193. The number of rotatable bonds is 1. The number of hydrogen-bond acceptors (Lipinski definition) is 6. The second kappa shape index (κ2) is 10.9. The predicted octanol–water partition coefficient (Wildman–Crippen LogP) is 3.44. The van der Waals surface area contributed by atoms with Gasteiger partial charge in [0.25, 0.3) is 5.91 Å². The molecular formula is C23H20N4O3. The zero-order valence-electron chi connectivity index (χ0n) is 16.1. The fourth-order valence-corrected chi connectivity index (χ4v) is 2.30. The van der Waals surface area contributed by atoms with Crippen LogP contribution < -0.4 is 5.73 Å². The smallest absolute Gasteiger partial charge is 0.267 e. The largest absolute Gasteiger partial charge is 0.479 e. The SMILES string of the molecule is NC(=O)C1=NC=CN=COC2=CC2=CC=CC=Cc2ccccc2C=NCOC=C1. The van der Waals surface area contributed by atoms with E-state index >= 15 is 0 Å². The number of allylic oxidation sites excluding steroid dienone is 6. The number of ether oxygens (including phenoxy) is 2. The van der Waals surface area contributed by atoms with Crippen molar-refractivity contribution in [1.29, 1.82) is 0 Å². The van der Waals surface area contributed by atoms with Gasteiger partial charge in [0.15, 0.2) is 13.1 Å². The average Bonchev–Trinajstić information content (AvgIpc) is 3.49. The molecule has 30 heavy (non-hydrogen) atoms. The molecule has 0 unspecified atom stereocenters. The van der Waals surface area contributed by atoms with Crippen LogP contribution >= 0.6 is 0 Å². The molecule has 150 valence electrons. The molecule has 1 aliphatic carbocycles. The lowest BCUT2D eigenvalue weighted by atomic mass is 10.1. The Hall–Kier alpha value is -4.26. The zero-order valence-corrected chi connectivity index (χ0v) is 16.1. The third-order valence-electron chi connectivity index (χ3n) is 3.82. The molecular weight excluding hydrogens is 380 g/mol. The summed E-state index contributed by atoms with van der Waals surface area (Å²) in [5, 5.41) is 0. The number of amides is 1. The normalized spacial score (nSPS) is 16.5. The zero-order chi connectivity index (χ0) is 21.0.